The van der Waals surface area contributed by atoms with Crippen LogP contribution in [-0.4, -0.2) is 37.2 Å². The molecule has 158 valence electrons. The number of rotatable bonds is 7. The van der Waals surface area contributed by atoms with E-state index in [2.05, 4.69) is 10.6 Å². The topological polar surface area (TPSA) is 103 Å². The Morgan fingerprint density at radius 2 is 1.73 bits per heavy atom. The van der Waals surface area contributed by atoms with E-state index in [0.717, 1.165) is 5.56 Å². The van der Waals surface area contributed by atoms with Crippen LogP contribution in [0.4, 0.5) is 5.69 Å². The van der Waals surface area contributed by atoms with E-state index in [4.69, 9.17) is 14.2 Å². The maximum Gasteiger partial charge on any atom is 0.329 e. The predicted octanol–water partition coefficient (Wildman–Crippen LogP) is 2.66. The summed E-state index contributed by atoms with van der Waals surface area (Å²) in [5, 5.41) is 5.31. The van der Waals surface area contributed by atoms with Crippen molar-refractivity contribution in [2.45, 2.75) is 26.8 Å². The largest absolute Gasteiger partial charge is 0.454 e. The number of ether oxygens (including phenoxy) is 3. The van der Waals surface area contributed by atoms with Crippen molar-refractivity contribution in [1.29, 1.82) is 0 Å². The first-order chi connectivity index (χ1) is 14.3. The van der Waals surface area contributed by atoms with Gasteiger partial charge in [-0.05, 0) is 37.1 Å². The lowest BCUT2D eigenvalue weighted by atomic mass is 10.0. The average Bonchev–Trinajstić information content (AvgIpc) is 3.18. The summed E-state index contributed by atoms with van der Waals surface area (Å²) in [5.74, 6) is -0.646. The van der Waals surface area contributed by atoms with Crippen molar-refractivity contribution < 1.29 is 28.6 Å². The molecule has 2 aromatic carbocycles. The molecule has 30 heavy (non-hydrogen) atoms. The highest BCUT2D eigenvalue weighted by Gasteiger charge is 2.27. The van der Waals surface area contributed by atoms with Crippen LogP contribution in [0.2, 0.25) is 0 Å². The van der Waals surface area contributed by atoms with Crippen LogP contribution in [0.5, 0.6) is 11.5 Å². The van der Waals surface area contributed by atoms with Gasteiger partial charge in [-0.25, -0.2) is 4.79 Å². The second kappa shape index (κ2) is 9.30. The average molecular weight is 412 g/mol. The second-order valence-electron chi connectivity index (χ2n) is 7.29. The highest BCUT2D eigenvalue weighted by molar-refractivity contribution is 5.97. The number of amides is 2. The number of esters is 1. The van der Waals surface area contributed by atoms with Crippen LogP contribution in [0.3, 0.4) is 0 Å². The molecular formula is C22H24N2O6. The molecule has 3 rings (SSSR count). The molecule has 2 amide bonds. The molecule has 1 atom stereocenters. The third-order valence-corrected chi connectivity index (χ3v) is 4.52. The summed E-state index contributed by atoms with van der Waals surface area (Å²) in [6.45, 7) is 5.15. The number of aryl methyl sites for hydroxylation is 1. The number of nitrogens with one attached hydrogen (secondary N) is 2. The molecule has 2 aromatic rings. The van der Waals surface area contributed by atoms with E-state index in [9.17, 15) is 14.4 Å². The molecule has 0 aromatic heterocycles. The van der Waals surface area contributed by atoms with Crippen molar-refractivity contribution in [3.63, 3.8) is 0 Å². The summed E-state index contributed by atoms with van der Waals surface area (Å²) in [4.78, 5) is 37.0. The van der Waals surface area contributed by atoms with Gasteiger partial charge in [0.1, 0.15) is 6.04 Å². The first kappa shape index (κ1) is 21.2. The Kier molecular flexibility index (Phi) is 6.56. The van der Waals surface area contributed by atoms with Crippen molar-refractivity contribution in [3.05, 3.63) is 53.6 Å². The molecule has 0 saturated carbocycles. The normalized spacial score (nSPS) is 12.9. The van der Waals surface area contributed by atoms with Gasteiger partial charge in [0, 0.05) is 17.3 Å². The van der Waals surface area contributed by atoms with Gasteiger partial charge >= 0.3 is 5.97 Å². The Bertz CT molecular complexity index is 939. The highest BCUT2D eigenvalue weighted by Crippen LogP contribution is 2.34. The molecule has 1 unspecified atom stereocenters. The zero-order valence-corrected chi connectivity index (χ0v) is 17.1. The molecule has 2 N–H and O–H groups in total. The molecule has 0 radical (unpaired) electrons. The van der Waals surface area contributed by atoms with Crippen LogP contribution >= 0.6 is 0 Å². The predicted molar refractivity (Wildman–Crippen MR) is 109 cm³/mol. The van der Waals surface area contributed by atoms with E-state index >= 15 is 0 Å². The minimum absolute atomic E-state index is 0.134. The Morgan fingerprint density at radius 1 is 1.03 bits per heavy atom. The number of carbonyl (C=O) groups excluding carboxylic acids is 3. The van der Waals surface area contributed by atoms with Crippen LogP contribution in [0, 0.1) is 12.8 Å². The van der Waals surface area contributed by atoms with Gasteiger partial charge in [0.25, 0.3) is 11.8 Å². The second-order valence-corrected chi connectivity index (χ2v) is 7.29. The van der Waals surface area contributed by atoms with Crippen LogP contribution in [-0.2, 0) is 14.3 Å². The summed E-state index contributed by atoms with van der Waals surface area (Å²) in [5.41, 5.74) is 1.97. The number of fused-ring (bicyclic) bond motifs is 1. The van der Waals surface area contributed by atoms with Crippen molar-refractivity contribution in [1.82, 2.24) is 5.32 Å². The first-order valence-corrected chi connectivity index (χ1v) is 9.57. The zero-order chi connectivity index (χ0) is 21.7. The molecule has 0 bridgehead atoms. The van der Waals surface area contributed by atoms with Gasteiger partial charge in [-0.3, -0.25) is 9.59 Å². The van der Waals surface area contributed by atoms with Gasteiger partial charge in [-0.15, -0.1) is 0 Å². The lowest BCUT2D eigenvalue weighted by Gasteiger charge is -2.21. The van der Waals surface area contributed by atoms with Crippen molar-refractivity contribution in [2.24, 2.45) is 5.92 Å². The van der Waals surface area contributed by atoms with Crippen molar-refractivity contribution in [2.75, 3.05) is 18.7 Å². The molecule has 8 heteroatoms. The Balaban J connectivity index is 1.53. The fraction of sp³-hybridized carbons (Fsp3) is 0.318. The molecule has 1 heterocycles. The van der Waals surface area contributed by atoms with Crippen LogP contribution in [0.25, 0.3) is 0 Å². The zero-order valence-electron chi connectivity index (χ0n) is 17.1. The molecule has 1 aliphatic heterocycles. The minimum atomic E-state index is -0.878. The van der Waals surface area contributed by atoms with Gasteiger partial charge in [0.15, 0.2) is 18.1 Å². The van der Waals surface area contributed by atoms with E-state index in [1.54, 1.807) is 44.2 Å². The Morgan fingerprint density at radius 3 is 2.43 bits per heavy atom. The summed E-state index contributed by atoms with van der Waals surface area (Å²) < 4.78 is 15.6. The summed E-state index contributed by atoms with van der Waals surface area (Å²) in [6, 6.07) is 11.1. The van der Waals surface area contributed by atoms with Gasteiger partial charge < -0.3 is 24.8 Å². The molecule has 8 nitrogen and oxygen atoms in total. The van der Waals surface area contributed by atoms with Crippen molar-refractivity contribution in [3.8, 4) is 11.5 Å². The number of hydrogen-bond donors (Lipinski definition) is 2. The molecule has 1 aliphatic rings. The summed E-state index contributed by atoms with van der Waals surface area (Å²) >= 11 is 0. The van der Waals surface area contributed by atoms with Gasteiger partial charge in [0.2, 0.25) is 6.79 Å². The van der Waals surface area contributed by atoms with Gasteiger partial charge in [-0.2, -0.15) is 0 Å². The number of hydrogen-bond acceptors (Lipinski definition) is 6. The fourth-order valence-corrected chi connectivity index (χ4v) is 2.83. The molecule has 0 fully saturated rings. The van der Waals surface area contributed by atoms with E-state index < -0.39 is 24.5 Å². The van der Waals surface area contributed by atoms with Crippen molar-refractivity contribution >= 4 is 23.5 Å². The monoisotopic (exact) mass is 412 g/mol. The third-order valence-electron chi connectivity index (χ3n) is 4.52. The first-order valence-electron chi connectivity index (χ1n) is 9.57. The summed E-state index contributed by atoms with van der Waals surface area (Å²) in [7, 11) is 0. The third kappa shape index (κ3) is 5.28. The summed E-state index contributed by atoms with van der Waals surface area (Å²) in [6.07, 6.45) is 0. The van der Waals surface area contributed by atoms with Gasteiger partial charge in [-0.1, -0.05) is 31.5 Å². The molecule has 0 aliphatic carbocycles. The smallest absolute Gasteiger partial charge is 0.329 e. The van der Waals surface area contributed by atoms with E-state index in [0.29, 0.717) is 22.7 Å². The number of anilines is 1. The maximum absolute atomic E-state index is 12.5. The SMILES string of the molecule is Cc1ccc(C(=O)NC(C(=O)OCC(=O)Nc2ccc3c(c2)OCO3)C(C)C)cc1. The quantitative estimate of drug-likeness (QED) is 0.678. The van der Waals surface area contributed by atoms with Gasteiger partial charge in [0.05, 0.1) is 0 Å². The lowest BCUT2D eigenvalue weighted by molar-refractivity contribution is -0.150. The van der Waals surface area contributed by atoms with E-state index in [1.165, 1.54) is 0 Å². The molecular weight excluding hydrogens is 388 g/mol. The van der Waals surface area contributed by atoms with E-state index in [1.807, 2.05) is 19.1 Å². The van der Waals surface area contributed by atoms with E-state index in [-0.39, 0.29) is 18.6 Å². The maximum atomic E-state index is 12.5. The Hall–Kier alpha value is -3.55. The van der Waals surface area contributed by atoms with Crippen LogP contribution in [0.1, 0.15) is 29.8 Å². The van der Waals surface area contributed by atoms with Crippen LogP contribution < -0.4 is 20.1 Å². The molecule has 0 saturated heterocycles. The minimum Gasteiger partial charge on any atom is -0.454 e. The number of carbonyl (C=O) groups is 3. The van der Waals surface area contributed by atoms with Crippen LogP contribution in [0.15, 0.2) is 42.5 Å². The highest BCUT2D eigenvalue weighted by atomic mass is 16.7. The lowest BCUT2D eigenvalue weighted by Crippen LogP contribution is -2.45. The Labute approximate surface area is 174 Å². The standard InChI is InChI=1S/C22H24N2O6/c1-13(2)20(24-21(26)15-6-4-14(3)5-7-15)22(27)28-11-19(25)23-16-8-9-17-18(10-16)30-12-29-17/h4-10,13,20H,11-12H2,1-3H3,(H,23,25)(H,24,26). The molecule has 0 spiro atoms. The number of benzene rings is 2. The fourth-order valence-electron chi connectivity index (χ4n) is 2.83.